The number of benzene rings is 1. The van der Waals surface area contributed by atoms with Gasteiger partial charge in [0.2, 0.25) is 5.73 Å². The Balaban J connectivity index is 3.23. The number of hydrogen-bond acceptors (Lipinski definition) is 0. The summed E-state index contributed by atoms with van der Waals surface area (Å²) in [6, 6.07) is 11.9. The maximum absolute atomic E-state index is 8.22. The first-order chi connectivity index (χ1) is 12.6. The smallest absolute Gasteiger partial charge is 0.155 e. The highest BCUT2D eigenvalue weighted by Gasteiger charge is 2.98. The van der Waals surface area contributed by atoms with E-state index in [-0.39, 0.29) is 0 Å². The van der Waals surface area contributed by atoms with Crippen LogP contribution in [0.2, 0.25) is 85.1 Å². The van der Waals surface area contributed by atoms with Crippen LogP contribution in [0.15, 0.2) is 30.3 Å². The molecule has 1 saturated heterocycles. The third-order valence-corrected chi connectivity index (χ3v) is 263. The fourth-order valence-corrected chi connectivity index (χ4v) is 537. The van der Waals surface area contributed by atoms with Crippen LogP contribution in [0, 0.1) is 0 Å². The maximum Gasteiger partial charge on any atom is 0.214 e. The van der Waals surface area contributed by atoms with Crippen LogP contribution in [-0.4, -0.2) is 55.5 Å². The molecule has 1 fully saturated rings. The monoisotopic (exact) mass is 566 g/mol. The summed E-state index contributed by atoms with van der Waals surface area (Å²) in [4.78, 5) is 0. The van der Waals surface area contributed by atoms with E-state index >= 15 is 0 Å². The van der Waals surface area contributed by atoms with Crippen molar-refractivity contribution in [2.75, 3.05) is 0 Å². The Labute approximate surface area is 197 Å². The van der Waals surface area contributed by atoms with E-state index < -0.39 is 55.5 Å². The third-order valence-electron chi connectivity index (χ3n) is 8.29. The van der Waals surface area contributed by atoms with E-state index in [4.69, 9.17) is 22.2 Å². The fraction of sp³-hybridized carbons (Fsp3) is 0.684. The van der Waals surface area contributed by atoms with E-state index in [1.54, 1.807) is 5.19 Å². The summed E-state index contributed by atoms with van der Waals surface area (Å²) >= 11 is 16.4. The zero-order valence-electron chi connectivity index (χ0n) is 21.1. The predicted octanol–water partition coefficient (Wildman–Crippen LogP) is 6.78. The van der Waals surface area contributed by atoms with E-state index in [0.29, 0.717) is 0 Å². The summed E-state index contributed by atoms with van der Waals surface area (Å²) in [5.41, 5.74) is -2.34. The van der Waals surface area contributed by atoms with Crippen molar-refractivity contribution in [3.8, 4) is 0 Å². The summed E-state index contributed by atoms with van der Waals surface area (Å²) in [5.74, 6) is 0. The summed E-state index contributed by atoms with van der Waals surface area (Å²) in [6.07, 6.45) is -3.61. The molecule has 166 valence electrons. The number of rotatable bonds is 5. The number of halogens is 2. The zero-order valence-corrected chi connectivity index (χ0v) is 30.7. The third kappa shape index (κ3) is 2.92. The van der Waals surface area contributed by atoms with Gasteiger partial charge in [0.15, 0.2) is 0 Å². The lowest BCUT2D eigenvalue weighted by molar-refractivity contribution is 1.73. The average Bonchev–Trinajstić information content (AvgIpc) is 2.40. The van der Waals surface area contributed by atoms with Gasteiger partial charge in [-0.15, -0.1) is 0 Å². The Kier molecular flexibility index (Phi) is 6.71. The van der Waals surface area contributed by atoms with E-state index in [0.717, 1.165) is 0 Å². The van der Waals surface area contributed by atoms with Crippen molar-refractivity contribution >= 4 is 82.8 Å². The first kappa shape index (κ1) is 26.8. The Morgan fingerprint density at radius 1 is 0.552 bits per heavy atom. The molecule has 1 heterocycles. The molecule has 0 amide bonds. The molecule has 0 N–H and O–H groups in total. The lowest BCUT2D eigenvalue weighted by Crippen LogP contribution is -3.21. The van der Waals surface area contributed by atoms with Gasteiger partial charge in [-0.25, -0.2) is 0 Å². The Hall–Kier alpha value is 1.54. The molecule has 0 radical (unpaired) electrons. The molecule has 0 spiro atoms. The van der Waals surface area contributed by atoms with Gasteiger partial charge in [0.05, 0.1) is 19.4 Å². The highest BCUT2D eigenvalue weighted by molar-refractivity contribution is 8.51. The van der Waals surface area contributed by atoms with Crippen LogP contribution < -0.4 is 5.19 Å². The lowest BCUT2D eigenvalue weighted by atomic mass is 10.4. The first-order valence-electron chi connectivity index (χ1n) is 11.0. The molecule has 0 bridgehead atoms. The molecule has 0 nitrogen and oxygen atoms in total. The van der Waals surface area contributed by atoms with Gasteiger partial charge >= 0.3 is 0 Å². The molecular formula is C19H44Cl2Si8. The summed E-state index contributed by atoms with van der Waals surface area (Å²) < 4.78 is 0. The quantitative estimate of drug-likeness (QED) is 0.272. The molecular weight excluding hydrogens is 524 g/mol. The standard InChI is InChI=1S/C19H44Cl2Si8/c1-22(2,3)28(23(4,5)6)26(13,19-17-15-14-16-18-19)29(24(7,8)9,25(10,11)12)27(28,20)21/h14-18H,1-13H3. The Morgan fingerprint density at radius 3 is 1.07 bits per heavy atom. The SMILES string of the molecule is C[Si](C)(C)[Si]1([Si](C)(C)C)[Si](Cl)(Cl)[Si]([Si](C)(C)C)([Si](C)(C)C)[Si]1(C)c1ccccc1. The molecule has 0 saturated carbocycles. The van der Waals surface area contributed by atoms with Crippen molar-refractivity contribution in [2.24, 2.45) is 0 Å². The second-order valence-corrected chi connectivity index (χ2v) is 114. The molecule has 1 aromatic carbocycles. The van der Waals surface area contributed by atoms with Crippen LogP contribution in [0.25, 0.3) is 0 Å². The highest BCUT2D eigenvalue weighted by atomic mass is 35.7. The van der Waals surface area contributed by atoms with E-state index in [9.17, 15) is 0 Å². The Morgan fingerprint density at radius 2 is 0.828 bits per heavy atom. The normalized spacial score (nSPS) is 23.4. The maximum atomic E-state index is 8.22. The number of hydrogen-bond donors (Lipinski definition) is 0. The van der Waals surface area contributed by atoms with Crippen LogP contribution in [0.5, 0.6) is 0 Å². The average molecular weight is 568 g/mol. The topological polar surface area (TPSA) is 0 Å². The van der Waals surface area contributed by atoms with Gasteiger partial charge in [-0.2, -0.15) is 22.2 Å². The minimum absolute atomic E-state index is 1.52. The minimum atomic E-state index is -2.34. The summed E-state index contributed by atoms with van der Waals surface area (Å²) in [5, 5.41) is 1.78. The van der Waals surface area contributed by atoms with Crippen molar-refractivity contribution in [1.29, 1.82) is 0 Å². The van der Waals surface area contributed by atoms with Gasteiger partial charge in [-0.3, -0.25) is 0 Å². The second kappa shape index (κ2) is 7.26. The molecule has 29 heavy (non-hydrogen) atoms. The van der Waals surface area contributed by atoms with Crippen LogP contribution in [-0.2, 0) is 0 Å². The molecule has 0 unspecified atom stereocenters. The van der Waals surface area contributed by atoms with Crippen LogP contribution in [0.1, 0.15) is 0 Å². The molecule has 2 rings (SSSR count). The van der Waals surface area contributed by atoms with Crippen molar-refractivity contribution in [1.82, 2.24) is 0 Å². The van der Waals surface area contributed by atoms with Gasteiger partial charge in [0.25, 0.3) is 0 Å². The second-order valence-electron chi connectivity index (χ2n) is 13.6. The van der Waals surface area contributed by atoms with Crippen LogP contribution >= 0.6 is 22.2 Å². The van der Waals surface area contributed by atoms with Gasteiger partial charge in [-0.1, -0.05) is 121 Å². The lowest BCUT2D eigenvalue weighted by Gasteiger charge is -2.85. The van der Waals surface area contributed by atoms with Crippen molar-refractivity contribution < 1.29 is 0 Å². The van der Waals surface area contributed by atoms with Crippen LogP contribution in [0.3, 0.4) is 0 Å². The van der Waals surface area contributed by atoms with E-state index in [1.165, 1.54) is 0 Å². The van der Waals surface area contributed by atoms with Gasteiger partial charge in [0, 0.05) is 30.4 Å². The van der Waals surface area contributed by atoms with Gasteiger partial charge in [-0.05, 0) is 0 Å². The molecule has 1 aliphatic rings. The zero-order chi connectivity index (χ0) is 23.1. The largest absolute Gasteiger partial charge is 0.214 e. The minimum Gasteiger partial charge on any atom is -0.155 e. The summed E-state index contributed by atoms with van der Waals surface area (Å²) in [6.45, 7) is 35.1. The van der Waals surface area contributed by atoms with Crippen LogP contribution in [0.4, 0.5) is 0 Å². The first-order valence-corrected chi connectivity index (χ1v) is 43.6. The van der Waals surface area contributed by atoms with Crippen molar-refractivity contribution in [3.63, 3.8) is 0 Å². The molecule has 0 atom stereocenters. The predicted molar refractivity (Wildman–Crippen MR) is 160 cm³/mol. The van der Waals surface area contributed by atoms with Crippen molar-refractivity contribution in [3.05, 3.63) is 30.3 Å². The molecule has 1 aromatic rings. The summed E-state index contributed by atoms with van der Waals surface area (Å²) in [7, 11) is -7.87. The molecule has 10 heteroatoms. The molecule has 1 aliphatic heterocycles. The molecule has 0 aliphatic carbocycles. The Bertz CT molecular complexity index is 697. The molecule has 0 aromatic heterocycles. The van der Waals surface area contributed by atoms with E-state index in [1.807, 2.05) is 0 Å². The van der Waals surface area contributed by atoms with Gasteiger partial charge in [0.1, 0.15) is 0 Å². The van der Waals surface area contributed by atoms with Crippen molar-refractivity contribution in [2.45, 2.75) is 85.1 Å². The fourth-order valence-electron chi connectivity index (χ4n) is 9.47. The highest BCUT2D eigenvalue weighted by Crippen LogP contribution is 2.66. The van der Waals surface area contributed by atoms with Gasteiger partial charge < -0.3 is 0 Å². The van der Waals surface area contributed by atoms with E-state index in [2.05, 4.69) is 115 Å².